The molecular weight excluding hydrogens is 230 g/mol. The molecule has 1 aromatic heterocycles. The number of rotatable bonds is 2. The second kappa shape index (κ2) is 4.63. The Morgan fingerprint density at radius 1 is 1.50 bits per heavy atom. The molecule has 5 heteroatoms. The molecule has 1 aromatic rings. The van der Waals surface area contributed by atoms with Crippen molar-refractivity contribution in [1.82, 2.24) is 9.88 Å². The van der Waals surface area contributed by atoms with E-state index in [4.69, 9.17) is 10.2 Å². The second-order valence-electron chi connectivity index (χ2n) is 6.05. The zero-order chi connectivity index (χ0) is 13.3. The molecule has 1 aliphatic rings. The van der Waals surface area contributed by atoms with E-state index in [0.717, 1.165) is 17.9 Å². The quantitative estimate of drug-likeness (QED) is 0.872. The Labute approximate surface area is 107 Å². The molecule has 2 N–H and O–H groups in total. The smallest absolute Gasteiger partial charge is 0.292 e. The third-order valence-corrected chi connectivity index (χ3v) is 3.19. The highest BCUT2D eigenvalue weighted by molar-refractivity contribution is 5.76. The van der Waals surface area contributed by atoms with Gasteiger partial charge in [0.1, 0.15) is 11.5 Å². The van der Waals surface area contributed by atoms with Gasteiger partial charge in [-0.3, -0.25) is 4.79 Å². The van der Waals surface area contributed by atoms with Crippen molar-refractivity contribution >= 4 is 11.9 Å². The number of carbonyl (C=O) groups is 1. The van der Waals surface area contributed by atoms with Gasteiger partial charge in [0.15, 0.2) is 0 Å². The van der Waals surface area contributed by atoms with Crippen molar-refractivity contribution in [3.8, 4) is 0 Å². The molecule has 18 heavy (non-hydrogen) atoms. The molecule has 0 aliphatic carbocycles. The number of nitrogens with zero attached hydrogens (tertiary/aromatic N) is 2. The number of hydrogen-bond donors (Lipinski definition) is 1. The summed E-state index contributed by atoms with van der Waals surface area (Å²) in [6.45, 7) is 7.66. The first-order valence-electron chi connectivity index (χ1n) is 6.37. The molecule has 2 heterocycles. The molecule has 2 rings (SSSR count). The first-order valence-corrected chi connectivity index (χ1v) is 6.37. The topological polar surface area (TPSA) is 72.4 Å². The fourth-order valence-corrected chi connectivity index (χ4v) is 2.07. The number of nitrogens with two attached hydrogens (primary N) is 1. The molecule has 1 aliphatic heterocycles. The van der Waals surface area contributed by atoms with E-state index >= 15 is 0 Å². The lowest BCUT2D eigenvalue weighted by atomic mass is 9.90. The highest BCUT2D eigenvalue weighted by Crippen LogP contribution is 2.24. The molecule has 100 valence electrons. The van der Waals surface area contributed by atoms with E-state index in [2.05, 4.69) is 25.8 Å². The summed E-state index contributed by atoms with van der Waals surface area (Å²) in [6.07, 6.45) is 2.20. The summed E-state index contributed by atoms with van der Waals surface area (Å²) in [7, 11) is 0. The van der Waals surface area contributed by atoms with Crippen LogP contribution in [-0.2, 0) is 17.8 Å². The van der Waals surface area contributed by atoms with Gasteiger partial charge in [0.05, 0.1) is 6.54 Å². The molecule has 0 saturated heterocycles. The van der Waals surface area contributed by atoms with Crippen LogP contribution in [0.2, 0.25) is 0 Å². The van der Waals surface area contributed by atoms with Crippen molar-refractivity contribution in [1.29, 1.82) is 0 Å². The van der Waals surface area contributed by atoms with Crippen LogP contribution in [-0.4, -0.2) is 22.3 Å². The summed E-state index contributed by atoms with van der Waals surface area (Å²) in [5.41, 5.74) is 6.51. The van der Waals surface area contributed by atoms with E-state index in [1.54, 1.807) is 0 Å². The number of fused-ring (bicyclic) bond motifs is 1. The molecule has 0 spiro atoms. The van der Waals surface area contributed by atoms with Gasteiger partial charge >= 0.3 is 0 Å². The summed E-state index contributed by atoms with van der Waals surface area (Å²) in [6, 6.07) is 0.198. The molecule has 0 saturated carbocycles. The first kappa shape index (κ1) is 12.9. The van der Waals surface area contributed by atoms with Gasteiger partial charge in [0, 0.05) is 19.4 Å². The van der Waals surface area contributed by atoms with Crippen LogP contribution in [0.15, 0.2) is 4.42 Å². The van der Waals surface area contributed by atoms with Crippen molar-refractivity contribution in [2.45, 2.75) is 46.6 Å². The Morgan fingerprint density at radius 3 is 2.89 bits per heavy atom. The third-order valence-electron chi connectivity index (χ3n) is 3.19. The number of nitrogen functional groups attached to an aromatic ring is 1. The normalized spacial score (nSPS) is 15.6. The minimum absolute atomic E-state index is 0.189. The Balaban J connectivity index is 1.94. The van der Waals surface area contributed by atoms with E-state index in [1.165, 1.54) is 0 Å². The zero-order valence-electron chi connectivity index (χ0n) is 11.3. The maximum atomic E-state index is 12.1. The maximum Gasteiger partial charge on any atom is 0.292 e. The van der Waals surface area contributed by atoms with Crippen LogP contribution in [0, 0.1) is 5.41 Å². The summed E-state index contributed by atoms with van der Waals surface area (Å²) >= 11 is 0. The molecule has 0 unspecified atom stereocenters. The maximum absolute atomic E-state index is 12.1. The predicted molar refractivity (Wildman–Crippen MR) is 68.7 cm³/mol. The van der Waals surface area contributed by atoms with Crippen LogP contribution >= 0.6 is 0 Å². The summed E-state index contributed by atoms with van der Waals surface area (Å²) in [5.74, 6) is 1.02. The lowest BCUT2D eigenvalue weighted by molar-refractivity contribution is -0.132. The Bertz CT molecular complexity index is 446. The molecule has 0 radical (unpaired) electrons. The number of aromatic nitrogens is 1. The van der Waals surface area contributed by atoms with E-state index in [0.29, 0.717) is 25.9 Å². The van der Waals surface area contributed by atoms with Gasteiger partial charge in [-0.25, -0.2) is 0 Å². The SMILES string of the molecule is CC(C)(C)CCC(=O)N1CCc2oc(N)nc2C1. The van der Waals surface area contributed by atoms with E-state index in [-0.39, 0.29) is 17.3 Å². The number of carbonyl (C=O) groups excluding carboxylic acids is 1. The minimum Gasteiger partial charge on any atom is -0.428 e. The van der Waals surface area contributed by atoms with Gasteiger partial charge in [0.25, 0.3) is 6.01 Å². The van der Waals surface area contributed by atoms with Crippen LogP contribution in [0.4, 0.5) is 6.01 Å². The number of oxazole rings is 1. The van der Waals surface area contributed by atoms with Gasteiger partial charge < -0.3 is 15.1 Å². The van der Waals surface area contributed by atoms with E-state index in [1.807, 2.05) is 4.90 Å². The van der Waals surface area contributed by atoms with Crippen LogP contribution in [0.25, 0.3) is 0 Å². The monoisotopic (exact) mass is 251 g/mol. The van der Waals surface area contributed by atoms with Crippen molar-refractivity contribution in [3.05, 3.63) is 11.5 Å². The lowest BCUT2D eigenvalue weighted by Crippen LogP contribution is -2.36. The fourth-order valence-electron chi connectivity index (χ4n) is 2.07. The zero-order valence-corrected chi connectivity index (χ0v) is 11.3. The Hall–Kier alpha value is -1.52. The standard InChI is InChI=1S/C13H21N3O2/c1-13(2,3)6-4-11(17)16-7-5-10-9(8-16)15-12(14)18-10/h4-8H2,1-3H3,(H2,14,15). The summed E-state index contributed by atoms with van der Waals surface area (Å²) < 4.78 is 5.28. The summed E-state index contributed by atoms with van der Waals surface area (Å²) in [5, 5.41) is 0. The molecule has 0 bridgehead atoms. The number of amides is 1. The molecular formula is C13H21N3O2. The largest absolute Gasteiger partial charge is 0.428 e. The van der Waals surface area contributed by atoms with Crippen molar-refractivity contribution in [2.24, 2.45) is 5.41 Å². The van der Waals surface area contributed by atoms with Gasteiger partial charge in [-0.05, 0) is 11.8 Å². The first-order chi connectivity index (χ1) is 8.35. The lowest BCUT2D eigenvalue weighted by Gasteiger charge is -2.27. The van der Waals surface area contributed by atoms with Crippen molar-refractivity contribution in [3.63, 3.8) is 0 Å². The van der Waals surface area contributed by atoms with Crippen LogP contribution in [0.1, 0.15) is 45.1 Å². The average Bonchev–Trinajstić information content (AvgIpc) is 2.63. The molecule has 0 fully saturated rings. The van der Waals surface area contributed by atoms with Gasteiger partial charge in [-0.2, -0.15) is 4.98 Å². The second-order valence-corrected chi connectivity index (χ2v) is 6.05. The van der Waals surface area contributed by atoms with Gasteiger partial charge in [-0.15, -0.1) is 0 Å². The van der Waals surface area contributed by atoms with Crippen LogP contribution in [0.3, 0.4) is 0 Å². The van der Waals surface area contributed by atoms with Crippen molar-refractivity contribution < 1.29 is 9.21 Å². The average molecular weight is 251 g/mol. The Morgan fingerprint density at radius 2 is 2.22 bits per heavy atom. The number of hydrogen-bond acceptors (Lipinski definition) is 4. The highest BCUT2D eigenvalue weighted by Gasteiger charge is 2.25. The Kier molecular flexibility index (Phi) is 3.32. The molecule has 5 nitrogen and oxygen atoms in total. The van der Waals surface area contributed by atoms with Crippen molar-refractivity contribution in [2.75, 3.05) is 12.3 Å². The molecule has 1 amide bonds. The predicted octanol–water partition coefficient (Wildman–Crippen LogP) is 1.97. The van der Waals surface area contributed by atoms with Gasteiger partial charge in [-0.1, -0.05) is 20.8 Å². The molecule has 0 atom stereocenters. The number of anilines is 1. The fraction of sp³-hybridized carbons (Fsp3) is 0.692. The van der Waals surface area contributed by atoms with E-state index < -0.39 is 0 Å². The summed E-state index contributed by atoms with van der Waals surface area (Å²) in [4.78, 5) is 18.1. The molecule has 0 aromatic carbocycles. The highest BCUT2D eigenvalue weighted by atomic mass is 16.4. The van der Waals surface area contributed by atoms with Crippen LogP contribution < -0.4 is 5.73 Å². The van der Waals surface area contributed by atoms with E-state index in [9.17, 15) is 4.79 Å². The van der Waals surface area contributed by atoms with Gasteiger partial charge in [0.2, 0.25) is 5.91 Å². The van der Waals surface area contributed by atoms with Crippen LogP contribution in [0.5, 0.6) is 0 Å². The minimum atomic E-state index is 0.189. The third kappa shape index (κ3) is 3.03.